The Balaban J connectivity index is 1.56. The summed E-state index contributed by atoms with van der Waals surface area (Å²) in [6.07, 6.45) is 2.67. The second-order valence-electron chi connectivity index (χ2n) is 6.98. The Kier molecular flexibility index (Phi) is 9.27. The number of aryl methyl sites for hydroxylation is 2. The number of rotatable bonds is 11. The van der Waals surface area contributed by atoms with Crippen LogP contribution in [0.5, 0.6) is 0 Å². The Morgan fingerprint density at radius 3 is 2.75 bits per heavy atom. The number of carbonyl (C=O) groups is 1. The number of hydrogen-bond donors (Lipinski definition) is 2. The van der Waals surface area contributed by atoms with Gasteiger partial charge in [0.15, 0.2) is 0 Å². The Bertz CT molecular complexity index is 745. The smallest absolute Gasteiger partial charge is 0.327 e. The van der Waals surface area contributed by atoms with Crippen molar-refractivity contribution in [3.63, 3.8) is 0 Å². The third-order valence-electron chi connectivity index (χ3n) is 4.30. The van der Waals surface area contributed by atoms with Crippen molar-refractivity contribution in [2.45, 2.75) is 39.1 Å². The van der Waals surface area contributed by atoms with Crippen LogP contribution in [0.4, 0.5) is 4.79 Å². The molecule has 2 aromatic heterocycles. The predicted molar refractivity (Wildman–Crippen MR) is 118 cm³/mol. The van der Waals surface area contributed by atoms with Crippen LogP contribution in [0.3, 0.4) is 0 Å². The van der Waals surface area contributed by atoms with Crippen LogP contribution in [0.25, 0.3) is 0 Å². The van der Waals surface area contributed by atoms with Gasteiger partial charge in [0.05, 0.1) is 24.3 Å². The molecular formula is C19H31N5O2S2. The Morgan fingerprint density at radius 2 is 2.07 bits per heavy atom. The third kappa shape index (κ3) is 7.44. The van der Waals surface area contributed by atoms with Gasteiger partial charge < -0.3 is 19.2 Å². The summed E-state index contributed by atoms with van der Waals surface area (Å²) in [6.45, 7) is 6.86. The fourth-order valence-corrected chi connectivity index (χ4v) is 3.61. The molecule has 0 saturated carbocycles. The van der Waals surface area contributed by atoms with Gasteiger partial charge in [-0.15, -0.1) is 0 Å². The molecule has 0 atom stereocenters. The van der Waals surface area contributed by atoms with Crippen molar-refractivity contribution in [2.24, 2.45) is 0 Å². The highest BCUT2D eigenvalue weighted by Crippen LogP contribution is 2.16. The number of nitrogens with zero attached hydrogens (tertiary/aromatic N) is 4. The first-order chi connectivity index (χ1) is 13.4. The molecule has 0 bridgehead atoms. The summed E-state index contributed by atoms with van der Waals surface area (Å²) in [7, 11) is 4.04. The van der Waals surface area contributed by atoms with E-state index in [-0.39, 0.29) is 6.03 Å². The van der Waals surface area contributed by atoms with Gasteiger partial charge in [0.25, 0.3) is 0 Å². The van der Waals surface area contributed by atoms with Gasteiger partial charge in [-0.05, 0) is 46.5 Å². The molecule has 2 heterocycles. The fraction of sp³-hybridized carbons (Fsp3) is 0.579. The first-order valence-electron chi connectivity index (χ1n) is 9.39. The van der Waals surface area contributed by atoms with Crippen molar-refractivity contribution in [1.82, 2.24) is 24.1 Å². The molecular weight excluding hydrogens is 394 g/mol. The minimum absolute atomic E-state index is 0.159. The zero-order valence-corrected chi connectivity index (χ0v) is 18.9. The van der Waals surface area contributed by atoms with Crippen LogP contribution < -0.4 is 5.32 Å². The summed E-state index contributed by atoms with van der Waals surface area (Å²) in [5.41, 5.74) is 2.21. The van der Waals surface area contributed by atoms with Crippen molar-refractivity contribution in [1.29, 1.82) is 0 Å². The standard InChI is InChI=1S/C19H31N5O2S2/c1-15-16(2)23(14-21-15)9-5-10-24(27)19(25)20-8-11-28-13-18-7-6-17(26-18)12-22(3)4/h6-7,14,27H,5,8-13H2,1-4H3,(H,20,25). The van der Waals surface area contributed by atoms with Crippen molar-refractivity contribution >= 4 is 30.6 Å². The molecule has 0 aliphatic rings. The number of aromatic nitrogens is 2. The highest BCUT2D eigenvalue weighted by atomic mass is 32.2. The van der Waals surface area contributed by atoms with E-state index >= 15 is 0 Å². The minimum Gasteiger partial charge on any atom is -0.464 e. The lowest BCUT2D eigenvalue weighted by molar-refractivity contribution is 0.226. The van der Waals surface area contributed by atoms with Crippen LogP contribution in [0.1, 0.15) is 29.3 Å². The summed E-state index contributed by atoms with van der Waals surface area (Å²) in [5.74, 6) is 3.57. The summed E-state index contributed by atoms with van der Waals surface area (Å²) < 4.78 is 9.31. The van der Waals surface area contributed by atoms with Crippen molar-refractivity contribution in [2.75, 3.05) is 32.9 Å². The van der Waals surface area contributed by atoms with Crippen molar-refractivity contribution in [3.05, 3.63) is 41.4 Å². The van der Waals surface area contributed by atoms with E-state index in [4.69, 9.17) is 4.42 Å². The normalized spacial score (nSPS) is 11.2. The molecule has 0 unspecified atom stereocenters. The maximum Gasteiger partial charge on any atom is 0.327 e. The van der Waals surface area contributed by atoms with Crippen molar-refractivity contribution in [3.8, 4) is 0 Å². The minimum atomic E-state index is -0.159. The van der Waals surface area contributed by atoms with Gasteiger partial charge in [-0.1, -0.05) is 12.8 Å². The Hall–Kier alpha value is -1.58. The molecule has 2 amide bonds. The highest BCUT2D eigenvalue weighted by Gasteiger charge is 2.09. The van der Waals surface area contributed by atoms with E-state index in [2.05, 4.69) is 39.5 Å². The van der Waals surface area contributed by atoms with Gasteiger partial charge in [-0.25, -0.2) is 9.78 Å². The Morgan fingerprint density at radius 1 is 1.32 bits per heavy atom. The van der Waals surface area contributed by atoms with E-state index in [0.29, 0.717) is 13.1 Å². The third-order valence-corrected chi connectivity index (χ3v) is 5.67. The van der Waals surface area contributed by atoms with Crippen LogP contribution in [-0.2, 0) is 18.8 Å². The molecule has 156 valence electrons. The molecule has 7 nitrogen and oxygen atoms in total. The molecule has 28 heavy (non-hydrogen) atoms. The average Bonchev–Trinajstić information content (AvgIpc) is 3.21. The molecule has 2 rings (SSSR count). The SMILES string of the molecule is Cc1ncn(CCCN(S)C(=O)NCCSCc2ccc(CN(C)C)o2)c1C. The van der Waals surface area contributed by atoms with Crippen LogP contribution in [-0.4, -0.2) is 57.7 Å². The first-order valence-corrected chi connectivity index (χ1v) is 10.9. The van der Waals surface area contributed by atoms with E-state index in [9.17, 15) is 4.79 Å². The number of amides is 2. The highest BCUT2D eigenvalue weighted by molar-refractivity contribution is 7.98. The summed E-state index contributed by atoms with van der Waals surface area (Å²) >= 11 is 6.02. The number of urea groups is 1. The second-order valence-corrected chi connectivity index (χ2v) is 8.56. The lowest BCUT2D eigenvalue weighted by Gasteiger charge is -2.16. The zero-order chi connectivity index (χ0) is 20.5. The molecule has 0 spiro atoms. The van der Waals surface area contributed by atoms with Crippen LogP contribution in [0.2, 0.25) is 0 Å². The molecule has 2 aromatic rings. The number of thioether (sulfide) groups is 1. The molecule has 0 fully saturated rings. The van der Waals surface area contributed by atoms with E-state index in [0.717, 1.165) is 53.9 Å². The predicted octanol–water partition coefficient (Wildman–Crippen LogP) is 3.33. The zero-order valence-electron chi connectivity index (χ0n) is 17.1. The summed E-state index contributed by atoms with van der Waals surface area (Å²) in [4.78, 5) is 18.4. The van der Waals surface area contributed by atoms with E-state index < -0.39 is 0 Å². The van der Waals surface area contributed by atoms with Gasteiger partial charge in [0.1, 0.15) is 11.5 Å². The van der Waals surface area contributed by atoms with Crippen LogP contribution in [0.15, 0.2) is 22.9 Å². The van der Waals surface area contributed by atoms with E-state index in [1.807, 2.05) is 39.5 Å². The molecule has 0 aromatic carbocycles. The number of imidazole rings is 1. The molecule has 0 aliphatic carbocycles. The van der Waals surface area contributed by atoms with Gasteiger partial charge >= 0.3 is 6.03 Å². The molecule has 0 saturated heterocycles. The van der Waals surface area contributed by atoms with Gasteiger partial charge in [-0.2, -0.15) is 11.8 Å². The first kappa shape index (κ1) is 22.7. The quantitative estimate of drug-likeness (QED) is 0.427. The van der Waals surface area contributed by atoms with Crippen LogP contribution in [0, 0.1) is 13.8 Å². The molecule has 1 N–H and O–H groups in total. The molecule has 9 heteroatoms. The van der Waals surface area contributed by atoms with Gasteiger partial charge in [0.2, 0.25) is 0 Å². The van der Waals surface area contributed by atoms with Gasteiger partial charge in [0, 0.05) is 31.1 Å². The maximum absolute atomic E-state index is 12.1. The van der Waals surface area contributed by atoms with Crippen molar-refractivity contribution < 1.29 is 9.21 Å². The fourth-order valence-electron chi connectivity index (χ4n) is 2.65. The number of hydrogen-bond acceptors (Lipinski definition) is 6. The Labute approximate surface area is 177 Å². The second kappa shape index (κ2) is 11.4. The summed E-state index contributed by atoms with van der Waals surface area (Å²) in [5, 5.41) is 2.90. The summed E-state index contributed by atoms with van der Waals surface area (Å²) in [6, 6.07) is 3.88. The number of furan rings is 1. The molecule has 0 radical (unpaired) electrons. The largest absolute Gasteiger partial charge is 0.464 e. The van der Waals surface area contributed by atoms with Gasteiger partial charge in [-0.3, -0.25) is 4.31 Å². The van der Waals surface area contributed by atoms with E-state index in [1.54, 1.807) is 11.8 Å². The maximum atomic E-state index is 12.1. The van der Waals surface area contributed by atoms with Crippen LogP contribution >= 0.6 is 24.6 Å². The molecule has 0 aliphatic heterocycles. The lowest BCUT2D eigenvalue weighted by atomic mass is 10.3. The monoisotopic (exact) mass is 425 g/mol. The van der Waals surface area contributed by atoms with E-state index in [1.165, 1.54) is 4.31 Å². The lowest BCUT2D eigenvalue weighted by Crippen LogP contribution is -2.36. The number of thiol groups is 1. The number of carbonyl (C=O) groups excluding carboxylic acids is 1. The average molecular weight is 426 g/mol. The number of nitrogens with one attached hydrogen (secondary N) is 1. The topological polar surface area (TPSA) is 66.5 Å².